The van der Waals surface area contributed by atoms with Crippen molar-refractivity contribution in [2.75, 3.05) is 25.5 Å². The number of aromatic nitrogens is 1. The molecule has 0 radical (unpaired) electrons. The van der Waals surface area contributed by atoms with Crippen LogP contribution in [0.15, 0.2) is 59.6 Å². The largest absolute Gasteiger partial charge is 0.395 e. The van der Waals surface area contributed by atoms with Gasteiger partial charge in [-0.3, -0.25) is 4.98 Å². The van der Waals surface area contributed by atoms with Crippen LogP contribution in [-0.2, 0) is 16.6 Å². The predicted octanol–water partition coefficient (Wildman–Crippen LogP) is 2.77. The summed E-state index contributed by atoms with van der Waals surface area (Å²) >= 11 is 0. The predicted molar refractivity (Wildman–Crippen MR) is 107 cm³/mol. The maximum absolute atomic E-state index is 12.8. The van der Waals surface area contributed by atoms with Gasteiger partial charge in [-0.25, -0.2) is 8.42 Å². The molecule has 27 heavy (non-hydrogen) atoms. The zero-order valence-electron chi connectivity index (χ0n) is 15.4. The van der Waals surface area contributed by atoms with Crippen LogP contribution in [0, 0.1) is 6.92 Å². The van der Waals surface area contributed by atoms with Gasteiger partial charge in [0.1, 0.15) is 0 Å². The molecule has 2 aromatic carbocycles. The third kappa shape index (κ3) is 3.95. The van der Waals surface area contributed by atoms with Crippen molar-refractivity contribution in [2.24, 2.45) is 0 Å². The van der Waals surface area contributed by atoms with E-state index in [2.05, 4.69) is 10.3 Å². The summed E-state index contributed by atoms with van der Waals surface area (Å²) in [5, 5.41) is 13.4. The highest BCUT2D eigenvalue weighted by molar-refractivity contribution is 7.89. The molecule has 3 rings (SSSR count). The molecule has 0 atom stereocenters. The summed E-state index contributed by atoms with van der Waals surface area (Å²) in [5.41, 5.74) is 3.58. The zero-order valence-corrected chi connectivity index (χ0v) is 16.2. The van der Waals surface area contributed by atoms with Crippen LogP contribution < -0.4 is 5.32 Å². The molecule has 142 valence electrons. The highest BCUT2D eigenvalue weighted by Crippen LogP contribution is 2.25. The number of sulfonamides is 1. The molecule has 0 bridgehead atoms. The molecule has 0 amide bonds. The molecular weight excluding hydrogens is 362 g/mol. The molecular formula is C20H23N3O3S. The number of pyridine rings is 1. The van der Waals surface area contributed by atoms with Crippen molar-refractivity contribution in [1.82, 2.24) is 9.29 Å². The Bertz CT molecular complexity index is 1050. The highest BCUT2D eigenvalue weighted by Gasteiger charge is 2.23. The van der Waals surface area contributed by atoms with Crippen LogP contribution in [0.4, 0.5) is 5.69 Å². The first-order valence-electron chi connectivity index (χ1n) is 8.68. The topological polar surface area (TPSA) is 82.5 Å². The fourth-order valence-corrected chi connectivity index (χ4v) is 4.38. The average Bonchev–Trinajstić information content (AvgIpc) is 2.67. The van der Waals surface area contributed by atoms with Crippen molar-refractivity contribution >= 4 is 26.6 Å². The number of aliphatic hydroxyl groups excluding tert-OH is 1. The van der Waals surface area contributed by atoms with Gasteiger partial charge >= 0.3 is 0 Å². The number of anilines is 1. The summed E-state index contributed by atoms with van der Waals surface area (Å²) in [6.45, 7) is 2.20. The van der Waals surface area contributed by atoms with E-state index in [9.17, 15) is 8.42 Å². The lowest BCUT2D eigenvalue weighted by Gasteiger charge is -2.19. The van der Waals surface area contributed by atoms with Crippen molar-refractivity contribution in [3.05, 3.63) is 65.9 Å². The van der Waals surface area contributed by atoms with Gasteiger partial charge in [0.2, 0.25) is 10.0 Å². The molecule has 0 aliphatic rings. The monoisotopic (exact) mass is 385 g/mol. The van der Waals surface area contributed by atoms with E-state index in [-0.39, 0.29) is 18.0 Å². The lowest BCUT2D eigenvalue weighted by Crippen LogP contribution is -2.30. The van der Waals surface area contributed by atoms with E-state index < -0.39 is 10.0 Å². The zero-order chi connectivity index (χ0) is 19.4. The number of aliphatic hydroxyl groups is 1. The molecule has 7 heteroatoms. The lowest BCUT2D eigenvalue weighted by molar-refractivity contribution is 0.266. The summed E-state index contributed by atoms with van der Waals surface area (Å²) in [6, 6.07) is 14.8. The second-order valence-electron chi connectivity index (χ2n) is 6.34. The van der Waals surface area contributed by atoms with E-state index in [1.165, 1.54) is 7.05 Å². The first kappa shape index (κ1) is 19.3. The molecule has 0 saturated carbocycles. The van der Waals surface area contributed by atoms with E-state index >= 15 is 0 Å². The number of hydrogen-bond acceptors (Lipinski definition) is 5. The number of hydrogen-bond donors (Lipinski definition) is 2. The molecule has 0 fully saturated rings. The fourth-order valence-electron chi connectivity index (χ4n) is 3.00. The average molecular weight is 385 g/mol. The third-order valence-electron chi connectivity index (χ3n) is 4.52. The van der Waals surface area contributed by atoms with E-state index in [1.54, 1.807) is 24.4 Å². The summed E-state index contributed by atoms with van der Waals surface area (Å²) < 4.78 is 26.7. The maximum Gasteiger partial charge on any atom is 0.243 e. The van der Waals surface area contributed by atoms with Crippen molar-refractivity contribution in [3.8, 4) is 0 Å². The molecule has 1 heterocycles. The van der Waals surface area contributed by atoms with E-state index in [0.29, 0.717) is 12.1 Å². The standard InChI is InChI=1S/C20H23N3O3S/c1-15-6-5-8-17-18(10-11-21-20(15)17)22-14-16-7-3-4-9-19(16)27(25,26)23(2)12-13-24/h3-11,24H,12-14H2,1-2H3,(H,21,22). The Labute approximate surface area is 159 Å². The summed E-state index contributed by atoms with van der Waals surface area (Å²) in [7, 11) is -2.20. The maximum atomic E-state index is 12.8. The molecule has 0 unspecified atom stereocenters. The van der Waals surface area contributed by atoms with Crippen LogP contribution >= 0.6 is 0 Å². The Morgan fingerprint density at radius 1 is 1.11 bits per heavy atom. The summed E-state index contributed by atoms with van der Waals surface area (Å²) in [5.74, 6) is 0. The molecule has 2 N–H and O–H groups in total. The fraction of sp³-hybridized carbons (Fsp3) is 0.250. The first-order chi connectivity index (χ1) is 12.9. The van der Waals surface area contributed by atoms with Gasteiger partial charge in [-0.05, 0) is 30.2 Å². The Balaban J connectivity index is 1.92. The van der Waals surface area contributed by atoms with Crippen molar-refractivity contribution in [3.63, 3.8) is 0 Å². The molecule has 1 aromatic heterocycles. The van der Waals surface area contributed by atoms with Gasteiger partial charge in [0, 0.05) is 37.4 Å². The second kappa shape index (κ2) is 8.04. The number of rotatable bonds is 7. The molecule has 6 nitrogen and oxygen atoms in total. The molecule has 3 aromatic rings. The number of nitrogens with zero attached hydrogens (tertiary/aromatic N) is 2. The Hall–Kier alpha value is -2.48. The van der Waals surface area contributed by atoms with Crippen LogP contribution in [0.25, 0.3) is 10.9 Å². The molecule has 0 aliphatic carbocycles. The van der Waals surface area contributed by atoms with Gasteiger partial charge in [0.15, 0.2) is 0 Å². The van der Waals surface area contributed by atoms with Gasteiger partial charge in [0.25, 0.3) is 0 Å². The molecule has 0 saturated heterocycles. The van der Waals surface area contributed by atoms with Crippen LogP contribution in [0.1, 0.15) is 11.1 Å². The van der Waals surface area contributed by atoms with E-state index in [4.69, 9.17) is 5.11 Å². The highest BCUT2D eigenvalue weighted by atomic mass is 32.2. The lowest BCUT2D eigenvalue weighted by atomic mass is 10.1. The molecule has 0 spiro atoms. The Kier molecular flexibility index (Phi) is 5.74. The van der Waals surface area contributed by atoms with Gasteiger partial charge in [-0.2, -0.15) is 4.31 Å². The smallest absolute Gasteiger partial charge is 0.243 e. The Morgan fingerprint density at radius 3 is 2.67 bits per heavy atom. The van der Waals surface area contributed by atoms with Crippen LogP contribution in [0.5, 0.6) is 0 Å². The quantitative estimate of drug-likeness (QED) is 0.653. The van der Waals surface area contributed by atoms with Crippen molar-refractivity contribution < 1.29 is 13.5 Å². The van der Waals surface area contributed by atoms with Crippen LogP contribution in [0.2, 0.25) is 0 Å². The normalized spacial score (nSPS) is 11.9. The van der Waals surface area contributed by atoms with Gasteiger partial charge < -0.3 is 10.4 Å². The Morgan fingerprint density at radius 2 is 1.89 bits per heavy atom. The SMILES string of the molecule is Cc1cccc2c(NCc3ccccc3S(=O)(=O)N(C)CCO)ccnc12. The molecule has 0 aliphatic heterocycles. The minimum Gasteiger partial charge on any atom is -0.395 e. The van der Waals surface area contributed by atoms with Gasteiger partial charge in [-0.1, -0.05) is 36.4 Å². The summed E-state index contributed by atoms with van der Waals surface area (Å²) in [6.07, 6.45) is 1.75. The number of aryl methyl sites for hydroxylation is 1. The minimum absolute atomic E-state index is 0.0539. The number of benzene rings is 2. The van der Waals surface area contributed by atoms with Crippen molar-refractivity contribution in [2.45, 2.75) is 18.4 Å². The second-order valence-corrected chi connectivity index (χ2v) is 8.35. The first-order valence-corrected chi connectivity index (χ1v) is 10.1. The number of likely N-dealkylation sites (N-methyl/N-ethyl adjacent to an activating group) is 1. The third-order valence-corrected chi connectivity index (χ3v) is 6.48. The number of nitrogens with one attached hydrogen (secondary N) is 1. The van der Waals surface area contributed by atoms with Gasteiger partial charge in [-0.15, -0.1) is 0 Å². The number of fused-ring (bicyclic) bond motifs is 1. The van der Waals surface area contributed by atoms with E-state index in [0.717, 1.165) is 26.5 Å². The number of para-hydroxylation sites is 1. The van der Waals surface area contributed by atoms with Crippen LogP contribution in [0.3, 0.4) is 0 Å². The van der Waals surface area contributed by atoms with Crippen LogP contribution in [-0.4, -0.2) is 43.0 Å². The summed E-state index contributed by atoms with van der Waals surface area (Å²) in [4.78, 5) is 4.67. The minimum atomic E-state index is -3.66. The van der Waals surface area contributed by atoms with Crippen molar-refractivity contribution in [1.29, 1.82) is 0 Å². The van der Waals surface area contributed by atoms with E-state index in [1.807, 2.05) is 37.3 Å². The van der Waals surface area contributed by atoms with Gasteiger partial charge in [0.05, 0.1) is 17.0 Å².